The van der Waals surface area contributed by atoms with Crippen LogP contribution >= 0.6 is 0 Å². The fraction of sp³-hybridized carbons (Fsp3) is 0.333. The van der Waals surface area contributed by atoms with Crippen molar-refractivity contribution in [1.82, 2.24) is 19.7 Å². The third-order valence-corrected chi connectivity index (χ3v) is 5.63. The molecule has 1 N–H and O–H groups in total. The van der Waals surface area contributed by atoms with Gasteiger partial charge in [-0.3, -0.25) is 14.2 Å². The van der Waals surface area contributed by atoms with Gasteiger partial charge in [0, 0.05) is 13.2 Å². The van der Waals surface area contributed by atoms with Crippen molar-refractivity contribution < 1.29 is 9.53 Å². The molecule has 0 aliphatic carbocycles. The first-order valence-corrected chi connectivity index (χ1v) is 10.7. The summed E-state index contributed by atoms with van der Waals surface area (Å²) >= 11 is 0. The molecule has 8 heteroatoms. The second kappa shape index (κ2) is 9.32. The third-order valence-electron chi connectivity index (χ3n) is 5.63. The largest absolute Gasteiger partial charge is 0.376 e. The molecule has 32 heavy (non-hydrogen) atoms. The van der Waals surface area contributed by atoms with Gasteiger partial charge in [-0.05, 0) is 55.5 Å². The Bertz CT molecular complexity index is 1260. The average Bonchev–Trinajstić information content (AvgIpc) is 3.30. The summed E-state index contributed by atoms with van der Waals surface area (Å²) in [5.74, 6) is -0.620. The van der Waals surface area contributed by atoms with Gasteiger partial charge in [-0.15, -0.1) is 0 Å². The first kappa shape index (κ1) is 21.7. The van der Waals surface area contributed by atoms with Gasteiger partial charge in [0.2, 0.25) is 5.69 Å². The number of aromatic nitrogens is 3. The molecule has 1 aromatic heterocycles. The summed E-state index contributed by atoms with van der Waals surface area (Å²) in [6.45, 7) is 4.81. The van der Waals surface area contributed by atoms with Gasteiger partial charge in [0.25, 0.3) is 11.5 Å². The van der Waals surface area contributed by atoms with Crippen molar-refractivity contribution >= 4 is 5.91 Å². The number of rotatable bonds is 6. The van der Waals surface area contributed by atoms with Gasteiger partial charge in [0.1, 0.15) is 0 Å². The van der Waals surface area contributed by atoms with Crippen LogP contribution in [0.5, 0.6) is 0 Å². The smallest absolute Gasteiger partial charge is 0.352 e. The minimum Gasteiger partial charge on any atom is -0.376 e. The lowest BCUT2D eigenvalue weighted by molar-refractivity contribution is 0.0849. The van der Waals surface area contributed by atoms with Crippen LogP contribution in [-0.2, 0) is 11.3 Å². The predicted octanol–water partition coefficient (Wildman–Crippen LogP) is 1.97. The lowest BCUT2D eigenvalue weighted by Crippen LogP contribution is -2.46. The van der Waals surface area contributed by atoms with Crippen molar-refractivity contribution in [3.8, 4) is 5.69 Å². The van der Waals surface area contributed by atoms with Gasteiger partial charge >= 0.3 is 5.69 Å². The zero-order valence-corrected chi connectivity index (χ0v) is 18.2. The molecule has 0 bridgehead atoms. The number of amides is 1. The van der Waals surface area contributed by atoms with E-state index < -0.39 is 17.2 Å². The molecular weight excluding hydrogens is 408 g/mol. The Morgan fingerprint density at radius 3 is 2.69 bits per heavy atom. The number of aryl methyl sites for hydroxylation is 2. The fourth-order valence-corrected chi connectivity index (χ4v) is 3.78. The van der Waals surface area contributed by atoms with Crippen LogP contribution in [0.3, 0.4) is 0 Å². The van der Waals surface area contributed by atoms with Crippen LogP contribution in [-0.4, -0.2) is 39.5 Å². The van der Waals surface area contributed by atoms with Gasteiger partial charge in [-0.1, -0.05) is 36.4 Å². The molecule has 4 rings (SSSR count). The number of ether oxygens (including phenoxy) is 1. The summed E-state index contributed by atoms with van der Waals surface area (Å²) in [5, 5.41) is 6.91. The molecule has 1 atom stereocenters. The molecule has 8 nitrogen and oxygen atoms in total. The van der Waals surface area contributed by atoms with E-state index in [0.717, 1.165) is 38.8 Å². The minimum absolute atomic E-state index is 0.0463. The molecule has 0 radical (unpaired) electrons. The molecule has 1 aliphatic heterocycles. The first-order valence-electron chi connectivity index (χ1n) is 10.7. The predicted molar refractivity (Wildman–Crippen MR) is 120 cm³/mol. The summed E-state index contributed by atoms with van der Waals surface area (Å²) in [6.07, 6.45) is 1.73. The number of hydrogen-bond donors (Lipinski definition) is 1. The highest BCUT2D eigenvalue weighted by Gasteiger charge is 2.23. The zero-order chi connectivity index (χ0) is 22.7. The standard InChI is InChI=1S/C24H26N4O4/c1-16-7-5-10-19(13-16)28-24(31)27(15-18-9-4-3-8-17(18)2)23(30)21(26-28)22(29)25-14-20-11-6-12-32-20/h3-5,7-10,13,20H,6,11-12,14-15H2,1-2H3,(H,25,29)/t20-/m0/s1. The normalized spacial score (nSPS) is 15.6. The molecule has 1 amide bonds. The van der Waals surface area contributed by atoms with Crippen LogP contribution in [0.15, 0.2) is 58.1 Å². The summed E-state index contributed by atoms with van der Waals surface area (Å²) in [5.41, 5.74) is 1.55. The van der Waals surface area contributed by atoms with Crippen molar-refractivity contribution in [3.05, 3.63) is 91.8 Å². The monoisotopic (exact) mass is 434 g/mol. The SMILES string of the molecule is Cc1cccc(-n2nc(C(=O)NC[C@@H]3CCCO3)c(=O)n(Cc3ccccc3C)c2=O)c1. The van der Waals surface area contributed by atoms with Gasteiger partial charge < -0.3 is 10.1 Å². The molecule has 3 aromatic rings. The first-order chi connectivity index (χ1) is 15.4. The highest BCUT2D eigenvalue weighted by Crippen LogP contribution is 2.11. The van der Waals surface area contributed by atoms with E-state index in [1.54, 1.807) is 18.2 Å². The second-order valence-corrected chi connectivity index (χ2v) is 8.04. The maximum Gasteiger partial charge on any atom is 0.352 e. The number of hydrogen-bond acceptors (Lipinski definition) is 5. The van der Waals surface area contributed by atoms with Crippen molar-refractivity contribution in [2.24, 2.45) is 0 Å². The van der Waals surface area contributed by atoms with Crippen LogP contribution in [0.4, 0.5) is 0 Å². The highest BCUT2D eigenvalue weighted by molar-refractivity contribution is 5.91. The van der Waals surface area contributed by atoms with Crippen LogP contribution in [0.2, 0.25) is 0 Å². The number of nitrogens with zero attached hydrogens (tertiary/aromatic N) is 3. The molecular formula is C24H26N4O4. The molecule has 0 spiro atoms. The second-order valence-electron chi connectivity index (χ2n) is 8.04. The van der Waals surface area contributed by atoms with E-state index in [4.69, 9.17) is 4.74 Å². The van der Waals surface area contributed by atoms with E-state index in [9.17, 15) is 14.4 Å². The zero-order valence-electron chi connectivity index (χ0n) is 18.2. The van der Waals surface area contributed by atoms with Crippen LogP contribution in [0.1, 0.15) is 40.0 Å². The summed E-state index contributed by atoms with van der Waals surface area (Å²) < 4.78 is 7.72. The highest BCUT2D eigenvalue weighted by atomic mass is 16.5. The Labute approximate surface area is 185 Å². The van der Waals surface area contributed by atoms with Crippen LogP contribution < -0.4 is 16.6 Å². The minimum atomic E-state index is -0.716. The van der Waals surface area contributed by atoms with E-state index in [-0.39, 0.29) is 18.3 Å². The number of carbonyl (C=O) groups is 1. The van der Waals surface area contributed by atoms with Crippen molar-refractivity contribution in [1.29, 1.82) is 0 Å². The molecule has 166 valence electrons. The molecule has 0 unspecified atom stereocenters. The molecule has 0 saturated carbocycles. The van der Waals surface area contributed by atoms with E-state index in [1.165, 1.54) is 0 Å². The van der Waals surface area contributed by atoms with E-state index in [1.807, 2.05) is 44.2 Å². The van der Waals surface area contributed by atoms with Crippen molar-refractivity contribution in [2.45, 2.75) is 39.3 Å². The van der Waals surface area contributed by atoms with Gasteiger partial charge in [-0.2, -0.15) is 9.78 Å². The van der Waals surface area contributed by atoms with Crippen LogP contribution in [0, 0.1) is 13.8 Å². The van der Waals surface area contributed by atoms with E-state index in [2.05, 4.69) is 10.4 Å². The Hall–Kier alpha value is -3.52. The Kier molecular flexibility index (Phi) is 6.32. The summed E-state index contributed by atoms with van der Waals surface area (Å²) in [6, 6.07) is 14.7. The molecule has 1 saturated heterocycles. The summed E-state index contributed by atoms with van der Waals surface area (Å²) in [7, 11) is 0. The Balaban J connectivity index is 1.79. The number of benzene rings is 2. The van der Waals surface area contributed by atoms with Crippen molar-refractivity contribution in [3.63, 3.8) is 0 Å². The molecule has 2 aromatic carbocycles. The molecule has 2 heterocycles. The van der Waals surface area contributed by atoms with E-state index >= 15 is 0 Å². The summed E-state index contributed by atoms with van der Waals surface area (Å²) in [4.78, 5) is 39.4. The van der Waals surface area contributed by atoms with Gasteiger partial charge in [0.05, 0.1) is 18.3 Å². The topological polar surface area (TPSA) is 95.2 Å². The number of carbonyl (C=O) groups excluding carboxylic acids is 1. The van der Waals surface area contributed by atoms with Crippen molar-refractivity contribution in [2.75, 3.05) is 13.2 Å². The Morgan fingerprint density at radius 2 is 1.97 bits per heavy atom. The maximum atomic E-state index is 13.3. The van der Waals surface area contributed by atoms with E-state index in [0.29, 0.717) is 18.8 Å². The van der Waals surface area contributed by atoms with Crippen LogP contribution in [0.25, 0.3) is 5.69 Å². The Morgan fingerprint density at radius 1 is 1.16 bits per heavy atom. The lowest BCUT2D eigenvalue weighted by Gasteiger charge is -2.14. The third kappa shape index (κ3) is 4.55. The average molecular weight is 434 g/mol. The maximum absolute atomic E-state index is 13.3. The van der Waals surface area contributed by atoms with Gasteiger partial charge in [0.15, 0.2) is 0 Å². The molecule has 1 fully saturated rings. The fourth-order valence-electron chi connectivity index (χ4n) is 3.78. The quantitative estimate of drug-likeness (QED) is 0.640. The number of nitrogens with one attached hydrogen (secondary N) is 1. The van der Waals surface area contributed by atoms with Gasteiger partial charge in [-0.25, -0.2) is 4.79 Å². The molecule has 1 aliphatic rings. The lowest BCUT2D eigenvalue weighted by atomic mass is 10.1.